The molecular weight excluding hydrogens is 139 g/mol. The van der Waals surface area contributed by atoms with Gasteiger partial charge in [0.25, 0.3) is 0 Å². The molecule has 0 saturated carbocycles. The van der Waals surface area contributed by atoms with Crippen LogP contribution in [0.25, 0.3) is 0 Å². The second-order valence-corrected chi connectivity index (χ2v) is 3.09. The van der Waals surface area contributed by atoms with Crippen molar-refractivity contribution < 1.29 is 10.2 Å². The monoisotopic (exact) mass is 144 g/mol. The Labute approximate surface area is 51.7 Å². The fourth-order valence-electron chi connectivity index (χ4n) is 0. The molecule has 0 saturated heterocycles. The van der Waals surface area contributed by atoms with Crippen LogP contribution in [-0.4, -0.2) is 20.8 Å². The van der Waals surface area contributed by atoms with Crippen molar-refractivity contribution in [3.63, 3.8) is 0 Å². The number of hydrogen-bond donors (Lipinski definition) is 2. The van der Waals surface area contributed by atoms with Gasteiger partial charge in [0, 0.05) is 0 Å². The van der Waals surface area contributed by atoms with Crippen LogP contribution < -0.4 is 0 Å². The molecule has 2 N–H and O–H groups in total. The maximum absolute atomic E-state index is 8.18. The van der Waals surface area contributed by atoms with E-state index >= 15 is 0 Å². The molecule has 7 heavy (non-hydrogen) atoms. The van der Waals surface area contributed by atoms with Gasteiger partial charge in [-0.25, -0.2) is 0 Å². The Morgan fingerprint density at radius 2 is 1.57 bits per heavy atom. The zero-order valence-electron chi connectivity index (χ0n) is 3.73. The Morgan fingerprint density at radius 3 is 1.57 bits per heavy atom. The Kier molecular flexibility index (Phi) is 2.33. The third kappa shape index (κ3) is 3.12. The van der Waals surface area contributed by atoms with Gasteiger partial charge in [0.1, 0.15) is 0 Å². The van der Waals surface area contributed by atoms with E-state index in [-0.39, 0.29) is 0 Å². The number of alkyl halides is 2. The Balaban J connectivity index is 3.54. The second kappa shape index (κ2) is 2.18. The molecule has 0 aromatic rings. The molecule has 0 aliphatic rings. The molecule has 0 bridgehead atoms. The van der Waals surface area contributed by atoms with E-state index in [4.69, 9.17) is 33.4 Å². The van der Waals surface area contributed by atoms with E-state index in [0.717, 1.165) is 0 Å². The van der Waals surface area contributed by atoms with E-state index in [9.17, 15) is 0 Å². The van der Waals surface area contributed by atoms with Crippen LogP contribution in [0.15, 0.2) is 0 Å². The van der Waals surface area contributed by atoms with E-state index in [2.05, 4.69) is 0 Å². The van der Waals surface area contributed by atoms with Gasteiger partial charge < -0.3 is 10.2 Å². The quantitative estimate of drug-likeness (QED) is 0.416. The molecule has 0 unspecified atom stereocenters. The maximum atomic E-state index is 8.18. The molecule has 0 aromatic heterocycles. The summed E-state index contributed by atoms with van der Waals surface area (Å²) in [5.41, 5.74) is 0. The lowest BCUT2D eigenvalue weighted by Gasteiger charge is -2.13. The van der Waals surface area contributed by atoms with Crippen LogP contribution in [0.4, 0.5) is 0 Å². The third-order valence-corrected chi connectivity index (χ3v) is 0.844. The van der Waals surface area contributed by atoms with E-state index < -0.39 is 10.6 Å². The van der Waals surface area contributed by atoms with Crippen LogP contribution in [0.5, 0.6) is 0 Å². The number of rotatable bonds is 1. The van der Waals surface area contributed by atoms with Crippen LogP contribution in [0.3, 0.4) is 0 Å². The average Bonchev–Trinajstić information content (AvgIpc) is 1.31. The molecule has 0 fully saturated rings. The number of aliphatic hydroxyl groups is 2. The summed E-state index contributed by atoms with van der Waals surface area (Å²) < 4.78 is -1.44. The summed E-state index contributed by atoms with van der Waals surface area (Å²) in [4.78, 5) is 0. The smallest absolute Gasteiger partial charge is 0.185 e. The van der Waals surface area contributed by atoms with Crippen LogP contribution in [0, 0.1) is 0 Å². The molecule has 0 radical (unpaired) electrons. The van der Waals surface area contributed by atoms with Crippen molar-refractivity contribution in [3.05, 3.63) is 0 Å². The number of hydrogen-bond acceptors (Lipinski definition) is 2. The standard InChI is InChI=1S/C3H6Cl2O2/c1-3(4,5)2(6)7/h2,6-7H,1H3. The molecule has 0 heterocycles. The Morgan fingerprint density at radius 1 is 1.43 bits per heavy atom. The highest BCUT2D eigenvalue weighted by atomic mass is 35.5. The third-order valence-electron chi connectivity index (χ3n) is 0.453. The summed E-state index contributed by atoms with van der Waals surface area (Å²) in [7, 11) is 0. The number of aliphatic hydroxyl groups excluding tert-OH is 1. The van der Waals surface area contributed by atoms with Crippen molar-refractivity contribution in [1.82, 2.24) is 0 Å². The molecular formula is C3H6Cl2O2. The van der Waals surface area contributed by atoms with E-state index in [1.54, 1.807) is 0 Å². The lowest BCUT2D eigenvalue weighted by atomic mass is 10.5. The van der Waals surface area contributed by atoms with Gasteiger partial charge in [0.15, 0.2) is 10.6 Å². The molecule has 0 aromatic carbocycles. The lowest BCUT2D eigenvalue weighted by molar-refractivity contribution is -0.0478. The largest absolute Gasteiger partial charge is 0.366 e. The molecule has 44 valence electrons. The topological polar surface area (TPSA) is 40.5 Å². The van der Waals surface area contributed by atoms with Gasteiger partial charge in [0.05, 0.1) is 0 Å². The summed E-state index contributed by atoms with van der Waals surface area (Å²) in [5, 5.41) is 16.4. The van der Waals surface area contributed by atoms with Gasteiger partial charge in [-0.15, -0.1) is 0 Å². The summed E-state index contributed by atoms with van der Waals surface area (Å²) in [6.45, 7) is 1.29. The maximum Gasteiger partial charge on any atom is 0.185 e. The number of halogens is 2. The Bertz CT molecular complexity index is 56.4. The minimum Gasteiger partial charge on any atom is -0.366 e. The zero-order valence-corrected chi connectivity index (χ0v) is 5.24. The molecule has 2 nitrogen and oxygen atoms in total. The second-order valence-electron chi connectivity index (χ2n) is 1.33. The minimum absolute atomic E-state index is 1.29. The van der Waals surface area contributed by atoms with Crippen molar-refractivity contribution in [3.8, 4) is 0 Å². The highest BCUT2D eigenvalue weighted by molar-refractivity contribution is 6.48. The van der Waals surface area contributed by atoms with Crippen LogP contribution in [-0.2, 0) is 0 Å². The van der Waals surface area contributed by atoms with Gasteiger partial charge in [-0.05, 0) is 6.92 Å². The van der Waals surface area contributed by atoms with Gasteiger partial charge in [-0.2, -0.15) is 0 Å². The highest BCUT2D eigenvalue weighted by Gasteiger charge is 2.24. The predicted molar refractivity (Wildman–Crippen MR) is 28.3 cm³/mol. The van der Waals surface area contributed by atoms with E-state index in [0.29, 0.717) is 0 Å². The van der Waals surface area contributed by atoms with Gasteiger partial charge in [-0.1, -0.05) is 23.2 Å². The van der Waals surface area contributed by atoms with Crippen molar-refractivity contribution in [1.29, 1.82) is 0 Å². The van der Waals surface area contributed by atoms with Crippen molar-refractivity contribution in [2.45, 2.75) is 17.5 Å². The SMILES string of the molecule is CC(Cl)(Cl)C(O)O. The van der Waals surface area contributed by atoms with Gasteiger partial charge >= 0.3 is 0 Å². The zero-order chi connectivity index (χ0) is 6.08. The molecule has 0 aliphatic carbocycles. The summed E-state index contributed by atoms with van der Waals surface area (Å²) in [6.07, 6.45) is -1.67. The van der Waals surface area contributed by atoms with Crippen LogP contribution >= 0.6 is 23.2 Å². The fraction of sp³-hybridized carbons (Fsp3) is 1.00. The first kappa shape index (κ1) is 7.50. The first-order valence-electron chi connectivity index (χ1n) is 1.68. The van der Waals surface area contributed by atoms with Crippen LogP contribution in [0.2, 0.25) is 0 Å². The molecule has 0 aliphatic heterocycles. The lowest BCUT2D eigenvalue weighted by Crippen LogP contribution is -2.26. The predicted octanol–water partition coefficient (Wildman–Crippen LogP) is 0.491. The minimum atomic E-state index is -1.67. The molecule has 0 amide bonds. The fourth-order valence-corrected chi connectivity index (χ4v) is 0. The Hall–Kier alpha value is 0.500. The van der Waals surface area contributed by atoms with Crippen molar-refractivity contribution in [2.75, 3.05) is 0 Å². The van der Waals surface area contributed by atoms with Gasteiger partial charge in [-0.3, -0.25) is 0 Å². The van der Waals surface area contributed by atoms with E-state index in [1.165, 1.54) is 6.92 Å². The summed E-state index contributed by atoms with van der Waals surface area (Å²) >= 11 is 10.3. The summed E-state index contributed by atoms with van der Waals surface area (Å²) in [6, 6.07) is 0. The van der Waals surface area contributed by atoms with Crippen molar-refractivity contribution in [2.24, 2.45) is 0 Å². The average molecular weight is 145 g/mol. The van der Waals surface area contributed by atoms with E-state index in [1.807, 2.05) is 0 Å². The molecule has 0 rings (SSSR count). The molecule has 0 spiro atoms. The molecule has 4 heteroatoms. The normalized spacial score (nSPS) is 12.9. The first-order valence-corrected chi connectivity index (χ1v) is 2.44. The molecule has 0 atom stereocenters. The van der Waals surface area contributed by atoms with Gasteiger partial charge in [0.2, 0.25) is 0 Å². The highest BCUT2D eigenvalue weighted by Crippen LogP contribution is 2.21. The summed E-state index contributed by atoms with van der Waals surface area (Å²) in [5.74, 6) is 0. The first-order chi connectivity index (χ1) is 2.94. The van der Waals surface area contributed by atoms with Crippen LogP contribution in [0.1, 0.15) is 6.92 Å². The van der Waals surface area contributed by atoms with Crippen molar-refractivity contribution >= 4 is 23.2 Å².